The summed E-state index contributed by atoms with van der Waals surface area (Å²) in [5.74, 6) is 1.31. The Hall–Kier alpha value is -1.88. The van der Waals surface area contributed by atoms with Crippen molar-refractivity contribution in [3.05, 3.63) is 45.0 Å². The lowest BCUT2D eigenvalue weighted by Crippen LogP contribution is -2.16. The molecule has 0 unspecified atom stereocenters. The van der Waals surface area contributed by atoms with E-state index in [0.29, 0.717) is 5.76 Å². The summed E-state index contributed by atoms with van der Waals surface area (Å²) in [7, 11) is 0. The van der Waals surface area contributed by atoms with Crippen LogP contribution in [0.3, 0.4) is 0 Å². The van der Waals surface area contributed by atoms with Gasteiger partial charge in [-0.15, -0.1) is 11.3 Å². The van der Waals surface area contributed by atoms with E-state index in [1.54, 1.807) is 11.3 Å². The van der Waals surface area contributed by atoms with E-state index in [1.165, 1.54) is 29.5 Å². The van der Waals surface area contributed by atoms with Gasteiger partial charge in [-0.2, -0.15) is 5.10 Å². The molecule has 2 aromatic heterocycles. The Morgan fingerprint density at radius 3 is 3.00 bits per heavy atom. The van der Waals surface area contributed by atoms with Crippen LogP contribution in [0.1, 0.15) is 44.5 Å². The van der Waals surface area contributed by atoms with Crippen LogP contribution in [-0.4, -0.2) is 12.1 Å². The van der Waals surface area contributed by atoms with Crippen LogP contribution >= 0.6 is 11.3 Å². The first-order valence-corrected chi connectivity index (χ1v) is 7.55. The second-order valence-corrected chi connectivity index (χ2v) is 6.05. The summed E-state index contributed by atoms with van der Waals surface area (Å²) in [6.45, 7) is 1.87. The van der Waals surface area contributed by atoms with E-state index in [2.05, 4.69) is 10.5 Å². The van der Waals surface area contributed by atoms with E-state index in [4.69, 9.17) is 4.42 Å². The molecule has 104 valence electrons. The normalized spacial score (nSPS) is 14.4. The largest absolute Gasteiger partial charge is 0.460 e. The quantitative estimate of drug-likeness (QED) is 0.696. The van der Waals surface area contributed by atoms with Crippen molar-refractivity contribution in [1.82, 2.24) is 5.43 Å². The van der Waals surface area contributed by atoms with Crippen LogP contribution in [-0.2, 0) is 12.8 Å². The van der Waals surface area contributed by atoms with Crippen LogP contribution in [0.2, 0.25) is 0 Å². The highest BCUT2D eigenvalue weighted by atomic mass is 32.1. The molecule has 0 aromatic carbocycles. The minimum atomic E-state index is -0.149. The number of hydrogen-bond donors (Lipinski definition) is 1. The molecule has 5 heteroatoms. The maximum atomic E-state index is 12.0. The highest BCUT2D eigenvalue weighted by Gasteiger charge is 2.16. The molecule has 0 radical (unpaired) electrons. The zero-order valence-corrected chi connectivity index (χ0v) is 12.1. The second-order valence-electron chi connectivity index (χ2n) is 4.91. The first-order chi connectivity index (χ1) is 9.72. The number of aryl methyl sites for hydroxylation is 3. The second kappa shape index (κ2) is 5.63. The van der Waals surface area contributed by atoms with Gasteiger partial charge in [0.25, 0.3) is 5.91 Å². The molecule has 20 heavy (non-hydrogen) atoms. The number of hydrazone groups is 1. The topological polar surface area (TPSA) is 54.6 Å². The van der Waals surface area contributed by atoms with Crippen molar-refractivity contribution in [2.45, 2.75) is 32.6 Å². The van der Waals surface area contributed by atoms with Crippen LogP contribution < -0.4 is 5.43 Å². The van der Waals surface area contributed by atoms with E-state index in [9.17, 15) is 4.79 Å². The molecule has 0 saturated heterocycles. The number of rotatable bonds is 3. The molecule has 1 N–H and O–H groups in total. The number of fused-ring (bicyclic) bond motifs is 1. The van der Waals surface area contributed by atoms with Gasteiger partial charge in [-0.1, -0.05) is 0 Å². The third kappa shape index (κ3) is 2.82. The Kier molecular flexibility index (Phi) is 3.69. The van der Waals surface area contributed by atoms with Crippen molar-refractivity contribution in [3.63, 3.8) is 0 Å². The Morgan fingerprint density at radius 1 is 1.40 bits per heavy atom. The predicted octanol–water partition coefficient (Wildman–Crippen LogP) is 3.29. The Balaban J connectivity index is 1.64. The number of amides is 1. The SMILES string of the molecule is Cc1ccc(/C=N/NC(=O)c2cc3c(s2)CCCC3)o1. The summed E-state index contributed by atoms with van der Waals surface area (Å²) in [5, 5.41) is 3.93. The summed E-state index contributed by atoms with van der Waals surface area (Å²) < 4.78 is 5.34. The molecule has 0 bridgehead atoms. The summed E-state index contributed by atoms with van der Waals surface area (Å²) in [5.41, 5.74) is 3.88. The van der Waals surface area contributed by atoms with Crippen molar-refractivity contribution in [2.24, 2.45) is 5.10 Å². The van der Waals surface area contributed by atoms with Gasteiger partial charge >= 0.3 is 0 Å². The summed E-state index contributed by atoms with van der Waals surface area (Å²) in [4.78, 5) is 14.1. The molecule has 0 spiro atoms. The summed E-state index contributed by atoms with van der Waals surface area (Å²) >= 11 is 1.58. The zero-order valence-electron chi connectivity index (χ0n) is 11.3. The third-order valence-electron chi connectivity index (χ3n) is 3.34. The van der Waals surface area contributed by atoms with E-state index >= 15 is 0 Å². The van der Waals surface area contributed by atoms with Crippen molar-refractivity contribution in [2.75, 3.05) is 0 Å². The fourth-order valence-corrected chi connectivity index (χ4v) is 3.48. The maximum absolute atomic E-state index is 12.0. The number of carbonyl (C=O) groups excluding carboxylic acids is 1. The lowest BCUT2D eigenvalue weighted by Gasteiger charge is -2.08. The average Bonchev–Trinajstić information content (AvgIpc) is 3.04. The number of nitrogens with zero attached hydrogens (tertiary/aromatic N) is 1. The van der Waals surface area contributed by atoms with Gasteiger partial charge in [0.1, 0.15) is 11.5 Å². The molecule has 0 fully saturated rings. The molecular formula is C15H16N2O2S. The Bertz CT molecular complexity index is 631. The van der Waals surface area contributed by atoms with Crippen molar-refractivity contribution in [3.8, 4) is 0 Å². The molecule has 3 rings (SSSR count). The molecule has 2 heterocycles. The number of carbonyl (C=O) groups is 1. The van der Waals surface area contributed by atoms with Crippen LogP contribution in [0.5, 0.6) is 0 Å². The third-order valence-corrected chi connectivity index (χ3v) is 4.58. The van der Waals surface area contributed by atoms with Crippen LogP contribution in [0.25, 0.3) is 0 Å². The van der Waals surface area contributed by atoms with Crippen molar-refractivity contribution in [1.29, 1.82) is 0 Å². The molecule has 2 aromatic rings. The van der Waals surface area contributed by atoms with Gasteiger partial charge in [0, 0.05) is 4.88 Å². The first-order valence-electron chi connectivity index (χ1n) is 6.74. The minimum Gasteiger partial charge on any atom is -0.460 e. The van der Waals surface area contributed by atoms with Crippen LogP contribution in [0.4, 0.5) is 0 Å². The molecular weight excluding hydrogens is 272 g/mol. The van der Waals surface area contributed by atoms with E-state index < -0.39 is 0 Å². The monoisotopic (exact) mass is 288 g/mol. The smallest absolute Gasteiger partial charge is 0.281 e. The molecule has 0 saturated carbocycles. The van der Waals surface area contributed by atoms with Gasteiger partial charge in [-0.3, -0.25) is 4.79 Å². The Labute approximate surface area is 121 Å². The number of thiophene rings is 1. The molecule has 0 atom stereocenters. The number of furan rings is 1. The van der Waals surface area contributed by atoms with Gasteiger partial charge in [-0.25, -0.2) is 5.43 Å². The molecule has 0 aliphatic heterocycles. The number of hydrogen-bond acceptors (Lipinski definition) is 4. The fraction of sp³-hybridized carbons (Fsp3) is 0.333. The molecule has 1 aliphatic carbocycles. The van der Waals surface area contributed by atoms with Crippen LogP contribution in [0, 0.1) is 6.92 Å². The van der Waals surface area contributed by atoms with Gasteiger partial charge < -0.3 is 4.42 Å². The molecule has 1 aliphatic rings. The highest BCUT2D eigenvalue weighted by molar-refractivity contribution is 7.14. The van der Waals surface area contributed by atoms with Gasteiger partial charge in [0.2, 0.25) is 0 Å². The maximum Gasteiger partial charge on any atom is 0.281 e. The van der Waals surface area contributed by atoms with E-state index in [-0.39, 0.29) is 5.91 Å². The van der Waals surface area contributed by atoms with Crippen molar-refractivity contribution >= 4 is 23.5 Å². The number of nitrogens with one attached hydrogen (secondary N) is 1. The lowest BCUT2D eigenvalue weighted by molar-refractivity contribution is 0.0959. The van der Waals surface area contributed by atoms with Gasteiger partial charge in [-0.05, 0) is 56.4 Å². The predicted molar refractivity (Wildman–Crippen MR) is 79.5 cm³/mol. The van der Waals surface area contributed by atoms with Crippen molar-refractivity contribution < 1.29 is 9.21 Å². The lowest BCUT2D eigenvalue weighted by atomic mass is 9.99. The fourth-order valence-electron chi connectivity index (χ4n) is 2.33. The van der Waals surface area contributed by atoms with Crippen LogP contribution in [0.15, 0.2) is 27.7 Å². The van der Waals surface area contributed by atoms with Gasteiger partial charge in [0.15, 0.2) is 0 Å². The first kappa shape index (κ1) is 13.1. The minimum absolute atomic E-state index is 0.149. The average molecular weight is 288 g/mol. The molecule has 4 nitrogen and oxygen atoms in total. The Morgan fingerprint density at radius 2 is 2.25 bits per heavy atom. The highest BCUT2D eigenvalue weighted by Crippen LogP contribution is 2.29. The standard InChI is InChI=1S/C15H16N2O2S/c1-10-6-7-12(19-10)9-16-17-15(18)14-8-11-4-2-3-5-13(11)20-14/h6-9H,2-5H2,1H3,(H,17,18)/b16-9+. The van der Waals surface area contributed by atoms with E-state index in [0.717, 1.165) is 23.5 Å². The molecule has 1 amide bonds. The zero-order chi connectivity index (χ0) is 13.9. The summed E-state index contributed by atoms with van der Waals surface area (Å²) in [6.07, 6.45) is 6.15. The van der Waals surface area contributed by atoms with E-state index in [1.807, 2.05) is 25.1 Å². The summed E-state index contributed by atoms with van der Waals surface area (Å²) in [6, 6.07) is 5.67. The van der Waals surface area contributed by atoms with Gasteiger partial charge in [0.05, 0.1) is 11.1 Å².